The highest BCUT2D eigenvalue weighted by Crippen LogP contribution is 2.28. The van der Waals surface area contributed by atoms with E-state index < -0.39 is 16.8 Å². The molecule has 1 amide bonds. The molecule has 16 heavy (non-hydrogen) atoms. The Kier molecular flexibility index (Phi) is 3.07. The third-order valence-electron chi connectivity index (χ3n) is 2.46. The van der Waals surface area contributed by atoms with E-state index in [0.717, 1.165) is 0 Å². The van der Waals surface area contributed by atoms with Crippen LogP contribution in [-0.4, -0.2) is 51.5 Å². The van der Waals surface area contributed by atoms with Crippen LogP contribution in [0.5, 0.6) is 0 Å². The van der Waals surface area contributed by atoms with Crippen molar-refractivity contribution < 1.29 is 18.8 Å². The summed E-state index contributed by atoms with van der Waals surface area (Å²) >= 11 is -0.967. The number of carbonyl (C=O) groups excluding carboxylic acids is 1. The minimum atomic E-state index is -0.967. The summed E-state index contributed by atoms with van der Waals surface area (Å²) in [6, 6.07) is -0.0734. The third kappa shape index (κ3) is 2.81. The molecule has 0 aromatic rings. The Bertz CT molecular complexity index is 287. The van der Waals surface area contributed by atoms with Crippen molar-refractivity contribution in [2.24, 2.45) is 0 Å². The third-order valence-corrected chi connectivity index (χ3v) is 3.74. The van der Waals surface area contributed by atoms with Gasteiger partial charge in [0.2, 0.25) is 0 Å². The zero-order valence-corrected chi connectivity index (χ0v) is 10.6. The van der Waals surface area contributed by atoms with E-state index in [1.54, 1.807) is 4.90 Å². The first-order valence-electron chi connectivity index (χ1n) is 5.33. The molecule has 0 saturated carbocycles. The van der Waals surface area contributed by atoms with Gasteiger partial charge in [0.05, 0.1) is 6.61 Å². The summed E-state index contributed by atoms with van der Waals surface area (Å²) in [5.74, 6) is 0.767. The van der Waals surface area contributed by atoms with Gasteiger partial charge in [-0.15, -0.1) is 0 Å². The van der Waals surface area contributed by atoms with Crippen molar-refractivity contribution in [1.29, 1.82) is 0 Å². The Hall–Kier alpha value is -0.460. The number of amides is 1. The van der Waals surface area contributed by atoms with Gasteiger partial charge in [-0.1, -0.05) is 0 Å². The zero-order chi connectivity index (χ0) is 11.9. The fourth-order valence-electron chi connectivity index (χ4n) is 1.68. The van der Waals surface area contributed by atoms with Crippen LogP contribution in [0.2, 0.25) is 0 Å². The predicted molar refractivity (Wildman–Crippen MR) is 59.5 cm³/mol. The molecule has 6 heteroatoms. The van der Waals surface area contributed by atoms with E-state index in [2.05, 4.69) is 0 Å². The molecule has 5 nitrogen and oxygen atoms in total. The largest absolute Gasteiger partial charge is 0.615 e. The van der Waals surface area contributed by atoms with Crippen molar-refractivity contribution in [3.05, 3.63) is 0 Å². The van der Waals surface area contributed by atoms with Gasteiger partial charge in [-0.25, -0.2) is 4.79 Å². The highest BCUT2D eigenvalue weighted by molar-refractivity contribution is 7.91. The van der Waals surface area contributed by atoms with Gasteiger partial charge in [-0.3, -0.25) is 4.90 Å². The fraction of sp³-hybridized carbons (Fsp3) is 0.900. The Labute approximate surface area is 98.3 Å². The number of ether oxygens (including phenoxy) is 2. The zero-order valence-electron chi connectivity index (χ0n) is 9.76. The first kappa shape index (κ1) is 12.0. The highest BCUT2D eigenvalue weighted by atomic mass is 32.2. The topological polar surface area (TPSA) is 65.1 Å². The molecule has 0 aromatic heterocycles. The van der Waals surface area contributed by atoms with Crippen molar-refractivity contribution >= 4 is 17.3 Å². The fourth-order valence-corrected chi connectivity index (χ4v) is 3.17. The maximum atomic E-state index is 11.9. The molecular weight excluding hydrogens is 230 g/mol. The quantitative estimate of drug-likeness (QED) is 0.505. The summed E-state index contributed by atoms with van der Waals surface area (Å²) in [7, 11) is 0. The number of carbonyl (C=O) groups is 1. The summed E-state index contributed by atoms with van der Waals surface area (Å²) in [6.07, 6.45) is -0.335. The summed E-state index contributed by atoms with van der Waals surface area (Å²) in [4.78, 5) is 13.4. The number of rotatable bonds is 1. The van der Waals surface area contributed by atoms with Crippen molar-refractivity contribution in [3.8, 4) is 0 Å². The van der Waals surface area contributed by atoms with Crippen molar-refractivity contribution in [2.75, 3.05) is 18.2 Å². The summed E-state index contributed by atoms with van der Waals surface area (Å²) in [6.45, 7) is 6.11. The average Bonchev–Trinajstić information content (AvgIpc) is 2.87. The smallest absolute Gasteiger partial charge is 0.414 e. The number of epoxide rings is 1. The molecule has 0 radical (unpaired) electrons. The molecule has 3 atom stereocenters. The van der Waals surface area contributed by atoms with Gasteiger partial charge in [-0.2, -0.15) is 0 Å². The van der Waals surface area contributed by atoms with Crippen LogP contribution in [-0.2, 0) is 20.6 Å². The van der Waals surface area contributed by atoms with Crippen LogP contribution in [0, 0.1) is 0 Å². The SMILES string of the molecule is CC(C)(C)OC(=O)N1C[S+]([O-])C[C@@H]1C1CO1. The molecular formula is C10H17NO4S. The Balaban J connectivity index is 1.98. The number of hydrogen-bond acceptors (Lipinski definition) is 4. The van der Waals surface area contributed by atoms with E-state index in [1.165, 1.54) is 0 Å². The summed E-state index contributed by atoms with van der Waals surface area (Å²) < 4.78 is 21.9. The molecule has 2 rings (SSSR count). The van der Waals surface area contributed by atoms with Gasteiger partial charge in [0, 0.05) is 0 Å². The van der Waals surface area contributed by atoms with E-state index in [1.807, 2.05) is 20.8 Å². The second kappa shape index (κ2) is 4.09. The van der Waals surface area contributed by atoms with Crippen molar-refractivity contribution in [1.82, 2.24) is 4.90 Å². The first-order chi connectivity index (χ1) is 7.37. The standard InChI is InChI=1S/C10H17NO4S/c1-10(2,3)15-9(12)11-6-16(13)5-7(11)8-4-14-8/h7-8H,4-6H2,1-3H3/t7-,8?,16?/m1/s1. The molecule has 2 unspecified atom stereocenters. The molecule has 2 aliphatic heterocycles. The predicted octanol–water partition coefficient (Wildman–Crippen LogP) is 0.711. The van der Waals surface area contributed by atoms with E-state index in [-0.39, 0.29) is 24.1 Å². The molecule has 0 aliphatic carbocycles. The lowest BCUT2D eigenvalue weighted by atomic mass is 10.2. The van der Waals surface area contributed by atoms with Gasteiger partial charge in [-0.05, 0) is 31.9 Å². The normalized spacial score (nSPS) is 34.0. The van der Waals surface area contributed by atoms with Crippen LogP contribution in [0.15, 0.2) is 0 Å². The van der Waals surface area contributed by atoms with Crippen LogP contribution in [0.4, 0.5) is 4.79 Å². The second-order valence-corrected chi connectivity index (χ2v) is 6.60. The lowest BCUT2D eigenvalue weighted by Crippen LogP contribution is -2.43. The van der Waals surface area contributed by atoms with E-state index in [0.29, 0.717) is 12.4 Å². The van der Waals surface area contributed by atoms with Crippen LogP contribution in [0.1, 0.15) is 20.8 Å². The molecule has 2 heterocycles. The van der Waals surface area contributed by atoms with E-state index in [9.17, 15) is 9.35 Å². The molecule has 2 fully saturated rings. The summed E-state index contributed by atoms with van der Waals surface area (Å²) in [5, 5.41) is 0. The Morgan fingerprint density at radius 3 is 2.69 bits per heavy atom. The molecule has 0 bridgehead atoms. The minimum absolute atomic E-state index is 0.0546. The summed E-state index contributed by atoms with van der Waals surface area (Å²) in [5.41, 5.74) is -0.518. The van der Waals surface area contributed by atoms with Crippen LogP contribution in [0.25, 0.3) is 0 Å². The molecule has 2 saturated heterocycles. The molecule has 2 aliphatic rings. The van der Waals surface area contributed by atoms with Crippen LogP contribution in [0.3, 0.4) is 0 Å². The second-order valence-electron chi connectivity index (χ2n) is 5.12. The van der Waals surface area contributed by atoms with Gasteiger partial charge in [0.15, 0.2) is 5.88 Å². The molecule has 0 aromatic carbocycles. The van der Waals surface area contributed by atoms with Gasteiger partial charge < -0.3 is 14.0 Å². The van der Waals surface area contributed by atoms with Crippen LogP contribution >= 0.6 is 0 Å². The molecule has 92 valence electrons. The Morgan fingerprint density at radius 1 is 1.56 bits per heavy atom. The lowest BCUT2D eigenvalue weighted by molar-refractivity contribution is 0.0217. The van der Waals surface area contributed by atoms with E-state index in [4.69, 9.17) is 9.47 Å². The first-order valence-corrected chi connectivity index (χ1v) is 6.82. The average molecular weight is 247 g/mol. The van der Waals surface area contributed by atoms with Gasteiger partial charge >= 0.3 is 6.09 Å². The maximum absolute atomic E-state index is 11.9. The van der Waals surface area contributed by atoms with Crippen LogP contribution < -0.4 is 0 Å². The number of nitrogens with zero attached hydrogens (tertiary/aromatic N) is 1. The molecule has 0 N–H and O–H groups in total. The highest BCUT2D eigenvalue weighted by Gasteiger charge is 2.48. The van der Waals surface area contributed by atoms with E-state index >= 15 is 0 Å². The monoisotopic (exact) mass is 247 g/mol. The van der Waals surface area contributed by atoms with Gasteiger partial charge in [0.25, 0.3) is 0 Å². The Morgan fingerprint density at radius 2 is 2.19 bits per heavy atom. The van der Waals surface area contributed by atoms with Crippen molar-refractivity contribution in [3.63, 3.8) is 0 Å². The van der Waals surface area contributed by atoms with Crippen molar-refractivity contribution in [2.45, 2.75) is 38.5 Å². The number of hydrogen-bond donors (Lipinski definition) is 0. The molecule has 0 spiro atoms. The lowest BCUT2D eigenvalue weighted by Gasteiger charge is -2.25. The minimum Gasteiger partial charge on any atom is -0.615 e. The van der Waals surface area contributed by atoms with Gasteiger partial charge in [0.1, 0.15) is 23.5 Å². The maximum Gasteiger partial charge on any atom is 0.414 e.